The lowest BCUT2D eigenvalue weighted by Gasteiger charge is -2.35. The van der Waals surface area contributed by atoms with E-state index in [1.165, 1.54) is 0 Å². The summed E-state index contributed by atoms with van der Waals surface area (Å²) in [6.45, 7) is 4.39. The SMILES string of the molecule is CC(C)CN(C(=O)NC(C(=O)O)c1ccc(-c2ccc3ccccc3c2)cc1)C(C)(O)C(=O)O. The Hall–Kier alpha value is -3.91. The van der Waals surface area contributed by atoms with Crippen LogP contribution in [0, 0.1) is 5.92 Å². The maximum atomic E-state index is 12.9. The molecule has 0 heterocycles. The Labute approximate surface area is 197 Å². The second-order valence-electron chi connectivity index (χ2n) is 8.74. The molecule has 0 spiro atoms. The highest BCUT2D eigenvalue weighted by Crippen LogP contribution is 2.26. The molecule has 0 radical (unpaired) electrons. The molecule has 0 fully saturated rings. The van der Waals surface area contributed by atoms with E-state index in [4.69, 9.17) is 0 Å². The predicted octanol–water partition coefficient (Wildman–Crippen LogP) is 4.09. The maximum absolute atomic E-state index is 12.9. The molecule has 3 aromatic carbocycles. The highest BCUT2D eigenvalue weighted by Gasteiger charge is 2.42. The molecule has 2 amide bonds. The van der Waals surface area contributed by atoms with Gasteiger partial charge in [0.1, 0.15) is 0 Å². The third-order valence-electron chi connectivity index (χ3n) is 5.57. The Kier molecular flexibility index (Phi) is 7.22. The summed E-state index contributed by atoms with van der Waals surface area (Å²) >= 11 is 0. The van der Waals surface area contributed by atoms with Crippen LogP contribution < -0.4 is 5.32 Å². The number of carbonyl (C=O) groups is 3. The van der Waals surface area contributed by atoms with Crippen LogP contribution in [0.1, 0.15) is 32.4 Å². The van der Waals surface area contributed by atoms with Crippen molar-refractivity contribution in [2.45, 2.75) is 32.5 Å². The van der Waals surface area contributed by atoms with Gasteiger partial charge in [-0.25, -0.2) is 14.4 Å². The van der Waals surface area contributed by atoms with Crippen LogP contribution in [0.3, 0.4) is 0 Å². The fourth-order valence-electron chi connectivity index (χ4n) is 3.66. The standard InChI is InChI=1S/C26H28N2O6/c1-16(2)15-28(26(3,34)24(31)32)25(33)27-22(23(29)30)19-11-8-18(9-12-19)21-13-10-17-6-4-5-7-20(17)14-21/h4-14,16,22,34H,15H2,1-3H3,(H,27,33)(H,29,30)(H,31,32). The van der Waals surface area contributed by atoms with Gasteiger partial charge in [-0.3, -0.25) is 4.90 Å². The van der Waals surface area contributed by atoms with Crippen LogP contribution in [0.4, 0.5) is 4.79 Å². The topological polar surface area (TPSA) is 127 Å². The first kappa shape index (κ1) is 24.7. The first-order valence-electron chi connectivity index (χ1n) is 10.9. The molecule has 0 saturated carbocycles. The highest BCUT2D eigenvalue weighted by molar-refractivity contribution is 5.89. The monoisotopic (exact) mass is 464 g/mol. The minimum Gasteiger partial charge on any atom is -0.479 e. The van der Waals surface area contributed by atoms with Crippen LogP contribution in [-0.4, -0.2) is 50.5 Å². The van der Waals surface area contributed by atoms with Gasteiger partial charge in [0.25, 0.3) is 0 Å². The molecule has 0 aliphatic heterocycles. The van der Waals surface area contributed by atoms with Crippen LogP contribution in [0.15, 0.2) is 66.7 Å². The summed E-state index contributed by atoms with van der Waals surface area (Å²) in [6, 6.07) is 18.3. The Morgan fingerprint density at radius 3 is 2.06 bits per heavy atom. The average Bonchev–Trinajstić information content (AvgIpc) is 2.80. The van der Waals surface area contributed by atoms with Crippen molar-refractivity contribution >= 4 is 28.7 Å². The number of carboxylic acids is 2. The first-order chi connectivity index (χ1) is 16.0. The maximum Gasteiger partial charge on any atom is 0.357 e. The fourth-order valence-corrected chi connectivity index (χ4v) is 3.66. The van der Waals surface area contributed by atoms with E-state index in [1.54, 1.807) is 38.1 Å². The van der Waals surface area contributed by atoms with Crippen molar-refractivity contribution in [2.24, 2.45) is 5.92 Å². The Bertz CT molecular complexity index is 1200. The van der Waals surface area contributed by atoms with Crippen molar-refractivity contribution in [3.63, 3.8) is 0 Å². The number of benzene rings is 3. The lowest BCUT2D eigenvalue weighted by molar-refractivity contribution is -0.173. The van der Waals surface area contributed by atoms with Crippen molar-refractivity contribution in [3.05, 3.63) is 72.3 Å². The third-order valence-corrected chi connectivity index (χ3v) is 5.57. The molecule has 0 aliphatic carbocycles. The minimum absolute atomic E-state index is 0.0849. The molecule has 0 aromatic heterocycles. The number of carboxylic acid groups (broad SMARTS) is 2. The molecule has 0 bridgehead atoms. The first-order valence-corrected chi connectivity index (χ1v) is 10.9. The third kappa shape index (κ3) is 5.35. The number of carbonyl (C=O) groups excluding carboxylic acids is 1. The smallest absolute Gasteiger partial charge is 0.357 e. The van der Waals surface area contributed by atoms with E-state index < -0.39 is 29.7 Å². The summed E-state index contributed by atoms with van der Waals surface area (Å²) in [7, 11) is 0. The zero-order chi connectivity index (χ0) is 25.0. The van der Waals surface area contributed by atoms with Gasteiger partial charge in [0.15, 0.2) is 6.04 Å². The number of hydrogen-bond donors (Lipinski definition) is 4. The normalized spacial score (nSPS) is 13.8. The molecule has 8 nitrogen and oxygen atoms in total. The minimum atomic E-state index is -2.50. The molecule has 0 aliphatic rings. The zero-order valence-corrected chi connectivity index (χ0v) is 19.2. The molecular weight excluding hydrogens is 436 g/mol. The van der Waals surface area contributed by atoms with E-state index >= 15 is 0 Å². The van der Waals surface area contributed by atoms with Crippen molar-refractivity contribution in [2.75, 3.05) is 6.54 Å². The van der Waals surface area contributed by atoms with Crippen molar-refractivity contribution in [3.8, 4) is 11.1 Å². The van der Waals surface area contributed by atoms with Crippen molar-refractivity contribution in [1.82, 2.24) is 10.2 Å². The summed E-state index contributed by atoms with van der Waals surface area (Å²) in [4.78, 5) is 37.0. The van der Waals surface area contributed by atoms with Gasteiger partial charge >= 0.3 is 18.0 Å². The van der Waals surface area contributed by atoms with Gasteiger partial charge in [0.05, 0.1) is 0 Å². The van der Waals surface area contributed by atoms with Gasteiger partial charge in [0.2, 0.25) is 5.72 Å². The number of rotatable bonds is 8. The summed E-state index contributed by atoms with van der Waals surface area (Å²) in [5.74, 6) is -3.10. The van der Waals surface area contributed by atoms with E-state index in [0.717, 1.165) is 33.7 Å². The number of urea groups is 1. The Balaban J connectivity index is 1.86. The van der Waals surface area contributed by atoms with Gasteiger partial charge < -0.3 is 20.6 Å². The predicted molar refractivity (Wildman–Crippen MR) is 128 cm³/mol. The number of aliphatic hydroxyl groups is 1. The molecule has 2 atom stereocenters. The number of amides is 2. The zero-order valence-electron chi connectivity index (χ0n) is 19.2. The number of nitrogens with zero attached hydrogens (tertiary/aromatic N) is 1. The van der Waals surface area contributed by atoms with Crippen LogP contribution in [0.2, 0.25) is 0 Å². The highest BCUT2D eigenvalue weighted by atomic mass is 16.4. The number of fused-ring (bicyclic) bond motifs is 1. The van der Waals surface area contributed by atoms with E-state index in [-0.39, 0.29) is 12.5 Å². The van der Waals surface area contributed by atoms with Crippen LogP contribution in [0.5, 0.6) is 0 Å². The average molecular weight is 465 g/mol. The van der Waals surface area contributed by atoms with E-state index in [9.17, 15) is 29.7 Å². The molecule has 2 unspecified atom stereocenters. The van der Waals surface area contributed by atoms with Crippen molar-refractivity contribution in [1.29, 1.82) is 0 Å². The van der Waals surface area contributed by atoms with E-state index in [1.807, 2.05) is 42.5 Å². The Morgan fingerprint density at radius 1 is 0.912 bits per heavy atom. The second-order valence-corrected chi connectivity index (χ2v) is 8.74. The number of hydrogen-bond acceptors (Lipinski definition) is 4. The molecule has 4 N–H and O–H groups in total. The van der Waals surface area contributed by atoms with Crippen LogP contribution in [-0.2, 0) is 9.59 Å². The van der Waals surface area contributed by atoms with Gasteiger partial charge in [-0.15, -0.1) is 0 Å². The summed E-state index contributed by atoms with van der Waals surface area (Å²) in [6.07, 6.45) is 0. The summed E-state index contributed by atoms with van der Waals surface area (Å²) in [5, 5.41) is 34.0. The lowest BCUT2D eigenvalue weighted by atomic mass is 9.98. The summed E-state index contributed by atoms with van der Waals surface area (Å²) < 4.78 is 0. The van der Waals surface area contributed by atoms with E-state index in [2.05, 4.69) is 5.32 Å². The van der Waals surface area contributed by atoms with Gasteiger partial charge in [-0.2, -0.15) is 0 Å². The second kappa shape index (κ2) is 9.93. The molecular formula is C26H28N2O6. The van der Waals surface area contributed by atoms with Crippen molar-refractivity contribution < 1.29 is 29.7 Å². The quantitative estimate of drug-likeness (QED) is 0.372. The fraction of sp³-hybridized carbons (Fsp3) is 0.269. The van der Waals surface area contributed by atoms with Gasteiger partial charge in [-0.05, 0) is 46.4 Å². The molecule has 3 rings (SSSR count). The van der Waals surface area contributed by atoms with Gasteiger partial charge in [-0.1, -0.05) is 74.5 Å². The molecule has 3 aromatic rings. The molecule has 34 heavy (non-hydrogen) atoms. The van der Waals surface area contributed by atoms with E-state index in [0.29, 0.717) is 5.56 Å². The Morgan fingerprint density at radius 2 is 1.50 bits per heavy atom. The van der Waals surface area contributed by atoms with Crippen LogP contribution >= 0.6 is 0 Å². The molecule has 178 valence electrons. The largest absolute Gasteiger partial charge is 0.479 e. The summed E-state index contributed by atoms with van der Waals surface area (Å²) in [5.41, 5.74) is -0.357. The number of aliphatic carboxylic acids is 2. The van der Waals surface area contributed by atoms with Crippen LogP contribution in [0.25, 0.3) is 21.9 Å². The molecule has 8 heteroatoms. The molecule has 0 saturated heterocycles. The lowest BCUT2D eigenvalue weighted by Crippen LogP contribution is -2.59. The van der Waals surface area contributed by atoms with Gasteiger partial charge in [0, 0.05) is 6.54 Å². The number of nitrogens with one attached hydrogen (secondary N) is 1.